The van der Waals surface area contributed by atoms with Gasteiger partial charge in [-0.1, -0.05) is 18.2 Å². The summed E-state index contributed by atoms with van der Waals surface area (Å²) in [4.78, 5) is 0. The summed E-state index contributed by atoms with van der Waals surface area (Å²) in [5, 5.41) is 2.99. The Morgan fingerprint density at radius 2 is 1.79 bits per heavy atom. The van der Waals surface area contributed by atoms with E-state index in [4.69, 9.17) is 4.74 Å². The first-order valence-electron chi connectivity index (χ1n) is 5.92. The first kappa shape index (κ1) is 13.5. The second-order valence-corrected chi connectivity index (χ2v) is 4.13. The smallest absolute Gasteiger partial charge is 0.128 e. The van der Waals surface area contributed by atoms with Gasteiger partial charge in [-0.05, 0) is 31.3 Å². The molecule has 19 heavy (non-hydrogen) atoms. The van der Waals surface area contributed by atoms with Crippen molar-refractivity contribution in [3.8, 4) is 5.75 Å². The van der Waals surface area contributed by atoms with Crippen LogP contribution < -0.4 is 10.1 Å². The fourth-order valence-electron chi connectivity index (χ4n) is 2.12. The molecule has 2 aromatic rings. The Morgan fingerprint density at radius 1 is 1.05 bits per heavy atom. The van der Waals surface area contributed by atoms with Crippen LogP contribution in [0.2, 0.25) is 0 Å². The van der Waals surface area contributed by atoms with E-state index in [9.17, 15) is 8.78 Å². The molecule has 2 aromatic carbocycles. The third kappa shape index (κ3) is 2.74. The Morgan fingerprint density at radius 3 is 2.42 bits per heavy atom. The van der Waals surface area contributed by atoms with Gasteiger partial charge in [0, 0.05) is 11.1 Å². The predicted molar refractivity (Wildman–Crippen MR) is 70.3 cm³/mol. The maximum Gasteiger partial charge on any atom is 0.128 e. The number of ether oxygens (including phenoxy) is 1. The zero-order chi connectivity index (χ0) is 13.8. The van der Waals surface area contributed by atoms with Crippen LogP contribution in [0.3, 0.4) is 0 Å². The van der Waals surface area contributed by atoms with Crippen molar-refractivity contribution in [1.29, 1.82) is 0 Å². The topological polar surface area (TPSA) is 21.3 Å². The van der Waals surface area contributed by atoms with Crippen molar-refractivity contribution in [3.05, 3.63) is 65.2 Å². The number of halogens is 2. The number of nitrogens with one attached hydrogen (secondary N) is 1. The highest BCUT2D eigenvalue weighted by Gasteiger charge is 2.20. The quantitative estimate of drug-likeness (QED) is 0.914. The molecule has 0 fully saturated rings. The number of rotatable bonds is 4. The van der Waals surface area contributed by atoms with E-state index in [0.29, 0.717) is 16.9 Å². The van der Waals surface area contributed by atoms with Gasteiger partial charge in [0.15, 0.2) is 0 Å². The molecule has 0 radical (unpaired) electrons. The molecule has 2 nitrogen and oxygen atoms in total. The molecule has 100 valence electrons. The second-order valence-electron chi connectivity index (χ2n) is 4.13. The molecule has 0 bridgehead atoms. The van der Waals surface area contributed by atoms with Gasteiger partial charge in [-0.2, -0.15) is 0 Å². The van der Waals surface area contributed by atoms with Gasteiger partial charge >= 0.3 is 0 Å². The summed E-state index contributed by atoms with van der Waals surface area (Å²) < 4.78 is 32.5. The van der Waals surface area contributed by atoms with Gasteiger partial charge in [0.2, 0.25) is 0 Å². The van der Waals surface area contributed by atoms with Crippen LogP contribution >= 0.6 is 0 Å². The van der Waals surface area contributed by atoms with E-state index in [1.54, 1.807) is 25.2 Å². The third-order valence-electron chi connectivity index (χ3n) is 3.01. The Labute approximate surface area is 111 Å². The number of benzene rings is 2. The lowest BCUT2D eigenvalue weighted by atomic mass is 9.97. The summed E-state index contributed by atoms with van der Waals surface area (Å²) in [6, 6.07) is 10.2. The summed E-state index contributed by atoms with van der Waals surface area (Å²) in [6.07, 6.45) is 0. The lowest BCUT2D eigenvalue weighted by Gasteiger charge is -2.20. The molecule has 1 N–H and O–H groups in total. The number of methoxy groups -OCH3 is 1. The highest BCUT2D eigenvalue weighted by atomic mass is 19.1. The fraction of sp³-hybridized carbons (Fsp3) is 0.200. The molecular weight excluding hydrogens is 248 g/mol. The molecule has 0 aliphatic carbocycles. The van der Waals surface area contributed by atoms with Crippen LogP contribution in [-0.2, 0) is 0 Å². The number of hydrogen-bond acceptors (Lipinski definition) is 2. The minimum absolute atomic E-state index is 0.340. The van der Waals surface area contributed by atoms with Crippen molar-refractivity contribution in [3.63, 3.8) is 0 Å². The molecule has 0 aromatic heterocycles. The summed E-state index contributed by atoms with van der Waals surface area (Å²) in [7, 11) is 3.20. The second kappa shape index (κ2) is 5.80. The molecule has 1 atom stereocenters. The van der Waals surface area contributed by atoms with Crippen molar-refractivity contribution in [2.45, 2.75) is 6.04 Å². The molecule has 0 amide bonds. The van der Waals surface area contributed by atoms with Crippen LogP contribution in [0.15, 0.2) is 42.5 Å². The standard InChI is InChI=1S/C15H15F2NO/c1-18-15(11-5-3-4-6-13(11)17)12-9-10(16)7-8-14(12)19-2/h3-9,15,18H,1-2H3. The molecule has 0 saturated heterocycles. The van der Waals surface area contributed by atoms with E-state index in [0.717, 1.165) is 0 Å². The summed E-state index contributed by atoms with van der Waals surface area (Å²) in [5.74, 6) is -0.204. The van der Waals surface area contributed by atoms with Gasteiger partial charge < -0.3 is 10.1 Å². The average Bonchev–Trinajstić information content (AvgIpc) is 2.42. The van der Waals surface area contributed by atoms with E-state index in [1.165, 1.54) is 31.4 Å². The van der Waals surface area contributed by atoms with Crippen LogP contribution in [0.25, 0.3) is 0 Å². The van der Waals surface area contributed by atoms with E-state index in [1.807, 2.05) is 0 Å². The molecule has 4 heteroatoms. The zero-order valence-electron chi connectivity index (χ0n) is 10.8. The normalized spacial score (nSPS) is 12.2. The third-order valence-corrected chi connectivity index (χ3v) is 3.01. The maximum atomic E-state index is 13.9. The molecule has 0 heterocycles. The van der Waals surface area contributed by atoms with Gasteiger partial charge in [0.05, 0.1) is 13.2 Å². The Hall–Kier alpha value is -1.94. The lowest BCUT2D eigenvalue weighted by Crippen LogP contribution is -2.19. The molecule has 2 rings (SSSR count). The van der Waals surface area contributed by atoms with E-state index >= 15 is 0 Å². The maximum absolute atomic E-state index is 13.9. The van der Waals surface area contributed by atoms with E-state index in [2.05, 4.69) is 5.32 Å². The SMILES string of the molecule is CNC(c1ccccc1F)c1cc(F)ccc1OC. The minimum Gasteiger partial charge on any atom is -0.496 e. The van der Waals surface area contributed by atoms with Gasteiger partial charge in [-0.3, -0.25) is 0 Å². The van der Waals surface area contributed by atoms with Crippen LogP contribution in [0.4, 0.5) is 8.78 Å². The van der Waals surface area contributed by atoms with Gasteiger partial charge in [0.1, 0.15) is 17.4 Å². The van der Waals surface area contributed by atoms with Gasteiger partial charge in [-0.15, -0.1) is 0 Å². The van der Waals surface area contributed by atoms with Crippen molar-refractivity contribution >= 4 is 0 Å². The molecule has 0 aliphatic heterocycles. The number of hydrogen-bond donors (Lipinski definition) is 1. The van der Waals surface area contributed by atoms with Crippen molar-refractivity contribution in [2.24, 2.45) is 0 Å². The molecule has 0 aliphatic rings. The molecule has 0 saturated carbocycles. The fourth-order valence-corrected chi connectivity index (χ4v) is 2.12. The molecular formula is C15H15F2NO. The Bertz CT molecular complexity index is 572. The first-order valence-corrected chi connectivity index (χ1v) is 5.92. The van der Waals surface area contributed by atoms with Gasteiger partial charge in [0.25, 0.3) is 0 Å². The Balaban J connectivity index is 2.54. The minimum atomic E-state index is -0.466. The van der Waals surface area contributed by atoms with Gasteiger partial charge in [-0.25, -0.2) is 8.78 Å². The van der Waals surface area contributed by atoms with Crippen LogP contribution in [0.1, 0.15) is 17.2 Å². The summed E-state index contributed by atoms with van der Waals surface area (Å²) in [6.45, 7) is 0. The van der Waals surface area contributed by atoms with Crippen LogP contribution in [0, 0.1) is 11.6 Å². The first-order chi connectivity index (χ1) is 9.17. The predicted octanol–water partition coefficient (Wildman–Crippen LogP) is 3.28. The summed E-state index contributed by atoms with van der Waals surface area (Å²) >= 11 is 0. The van der Waals surface area contributed by atoms with Crippen molar-refractivity contribution in [2.75, 3.05) is 14.2 Å². The lowest BCUT2D eigenvalue weighted by molar-refractivity contribution is 0.403. The van der Waals surface area contributed by atoms with E-state index < -0.39 is 6.04 Å². The van der Waals surface area contributed by atoms with Crippen molar-refractivity contribution in [1.82, 2.24) is 5.32 Å². The molecule has 1 unspecified atom stereocenters. The van der Waals surface area contributed by atoms with Crippen LogP contribution in [-0.4, -0.2) is 14.2 Å². The van der Waals surface area contributed by atoms with E-state index in [-0.39, 0.29) is 11.6 Å². The Kier molecular flexibility index (Phi) is 4.12. The zero-order valence-corrected chi connectivity index (χ0v) is 10.8. The summed E-state index contributed by atoms with van der Waals surface area (Å²) in [5.41, 5.74) is 1.02. The van der Waals surface area contributed by atoms with Crippen molar-refractivity contribution < 1.29 is 13.5 Å². The average molecular weight is 263 g/mol. The highest BCUT2D eigenvalue weighted by molar-refractivity contribution is 5.42. The van der Waals surface area contributed by atoms with Crippen LogP contribution in [0.5, 0.6) is 5.75 Å². The highest BCUT2D eigenvalue weighted by Crippen LogP contribution is 2.31. The monoisotopic (exact) mass is 263 g/mol. The molecule has 0 spiro atoms. The largest absolute Gasteiger partial charge is 0.496 e.